The summed E-state index contributed by atoms with van der Waals surface area (Å²) in [5, 5.41) is 10.0. The van der Waals surface area contributed by atoms with Crippen molar-refractivity contribution < 1.29 is 19.4 Å². The first-order valence-corrected chi connectivity index (χ1v) is 6.34. The zero-order valence-electron chi connectivity index (χ0n) is 11.3. The van der Waals surface area contributed by atoms with E-state index in [1.165, 1.54) is 12.3 Å². The van der Waals surface area contributed by atoms with E-state index in [4.69, 9.17) is 16.3 Å². The number of rotatable bonds is 1. The zero-order valence-corrected chi connectivity index (χ0v) is 12.1. The van der Waals surface area contributed by atoms with Crippen molar-refractivity contribution in [1.29, 1.82) is 0 Å². The van der Waals surface area contributed by atoms with E-state index in [1.54, 1.807) is 32.9 Å². The lowest BCUT2D eigenvalue weighted by atomic mass is 10.2. The van der Waals surface area contributed by atoms with Gasteiger partial charge < -0.3 is 9.84 Å². The summed E-state index contributed by atoms with van der Waals surface area (Å²) >= 11 is 5.90. The molecular weight excluding hydrogens is 282 g/mol. The topological polar surface area (TPSA) is 68.5 Å². The molecule has 6 heteroatoms. The van der Waals surface area contributed by atoms with Gasteiger partial charge in [0.25, 0.3) is 0 Å². The Labute approximate surface area is 120 Å². The molecule has 2 rings (SSSR count). The SMILES string of the molecule is CC(C)(C)OC(=O)n1cc(C(=O)O)c2ccc(Cl)cc21. The Morgan fingerprint density at radius 3 is 2.50 bits per heavy atom. The molecule has 106 valence electrons. The van der Waals surface area contributed by atoms with Crippen LogP contribution in [0.1, 0.15) is 31.1 Å². The van der Waals surface area contributed by atoms with Gasteiger partial charge in [-0.3, -0.25) is 4.57 Å². The van der Waals surface area contributed by atoms with Crippen LogP contribution >= 0.6 is 11.6 Å². The number of fused-ring (bicyclic) bond motifs is 1. The Bertz CT molecular complexity index is 697. The molecule has 0 saturated heterocycles. The van der Waals surface area contributed by atoms with Gasteiger partial charge in [0.1, 0.15) is 5.60 Å². The van der Waals surface area contributed by atoms with Gasteiger partial charge in [0.15, 0.2) is 0 Å². The lowest BCUT2D eigenvalue weighted by Crippen LogP contribution is -2.26. The minimum absolute atomic E-state index is 0.0301. The fourth-order valence-electron chi connectivity index (χ4n) is 1.83. The average Bonchev–Trinajstić information content (AvgIpc) is 2.65. The summed E-state index contributed by atoms with van der Waals surface area (Å²) in [5.41, 5.74) is -0.234. The second-order valence-electron chi connectivity index (χ2n) is 5.36. The van der Waals surface area contributed by atoms with Gasteiger partial charge in [0, 0.05) is 16.6 Å². The van der Waals surface area contributed by atoms with Crippen LogP contribution in [0.15, 0.2) is 24.4 Å². The number of carbonyl (C=O) groups excluding carboxylic acids is 1. The molecule has 0 bridgehead atoms. The van der Waals surface area contributed by atoms with Crippen LogP contribution in [0.5, 0.6) is 0 Å². The lowest BCUT2D eigenvalue weighted by molar-refractivity contribution is 0.0544. The van der Waals surface area contributed by atoms with Crippen molar-refractivity contribution >= 4 is 34.6 Å². The molecule has 0 amide bonds. The predicted octanol–water partition coefficient (Wildman–Crippen LogP) is 3.78. The average molecular weight is 296 g/mol. The molecule has 0 atom stereocenters. The van der Waals surface area contributed by atoms with Gasteiger partial charge in [-0.05, 0) is 32.9 Å². The molecule has 0 radical (unpaired) electrons. The molecule has 0 spiro atoms. The second-order valence-corrected chi connectivity index (χ2v) is 5.80. The van der Waals surface area contributed by atoms with Crippen molar-refractivity contribution in [3.8, 4) is 0 Å². The molecule has 20 heavy (non-hydrogen) atoms. The first-order chi connectivity index (χ1) is 9.19. The molecule has 1 aromatic carbocycles. The third-order valence-electron chi connectivity index (χ3n) is 2.59. The number of carboxylic acid groups (broad SMARTS) is 1. The second kappa shape index (κ2) is 4.83. The lowest BCUT2D eigenvalue weighted by Gasteiger charge is -2.19. The van der Waals surface area contributed by atoms with Crippen molar-refractivity contribution in [2.24, 2.45) is 0 Å². The molecule has 0 fully saturated rings. The number of ether oxygens (including phenoxy) is 1. The van der Waals surface area contributed by atoms with Gasteiger partial charge in [-0.25, -0.2) is 9.59 Å². The summed E-state index contributed by atoms with van der Waals surface area (Å²) in [4.78, 5) is 23.3. The molecule has 0 aliphatic rings. The quantitative estimate of drug-likeness (QED) is 0.869. The van der Waals surface area contributed by atoms with E-state index in [-0.39, 0.29) is 5.56 Å². The molecule has 1 N–H and O–H groups in total. The normalized spacial score (nSPS) is 11.6. The van der Waals surface area contributed by atoms with E-state index in [0.29, 0.717) is 15.9 Å². The van der Waals surface area contributed by atoms with Crippen molar-refractivity contribution in [3.63, 3.8) is 0 Å². The number of benzene rings is 1. The first kappa shape index (κ1) is 14.4. The third kappa shape index (κ3) is 2.77. The number of nitrogens with zero attached hydrogens (tertiary/aromatic N) is 1. The maximum absolute atomic E-state index is 12.1. The highest BCUT2D eigenvalue weighted by molar-refractivity contribution is 6.31. The van der Waals surface area contributed by atoms with Gasteiger partial charge >= 0.3 is 12.1 Å². The summed E-state index contributed by atoms with van der Waals surface area (Å²) in [6.07, 6.45) is 0.606. The van der Waals surface area contributed by atoms with E-state index < -0.39 is 17.7 Å². The van der Waals surface area contributed by atoms with Crippen LogP contribution in [0.2, 0.25) is 5.02 Å². The van der Waals surface area contributed by atoms with Crippen LogP contribution in [0, 0.1) is 0 Å². The van der Waals surface area contributed by atoms with Crippen molar-refractivity contribution in [1.82, 2.24) is 4.57 Å². The van der Waals surface area contributed by atoms with Crippen molar-refractivity contribution in [2.75, 3.05) is 0 Å². The van der Waals surface area contributed by atoms with E-state index in [1.807, 2.05) is 0 Å². The molecule has 2 aromatic rings. The molecular formula is C14H14ClNO4. The number of carbonyl (C=O) groups is 2. The number of carboxylic acids is 1. The number of aromatic nitrogens is 1. The van der Waals surface area contributed by atoms with Gasteiger partial charge in [-0.1, -0.05) is 17.7 Å². The van der Waals surface area contributed by atoms with E-state index in [0.717, 1.165) is 4.57 Å². The first-order valence-electron chi connectivity index (χ1n) is 5.96. The van der Waals surface area contributed by atoms with Gasteiger partial charge in [-0.15, -0.1) is 0 Å². The summed E-state index contributed by atoms with van der Waals surface area (Å²) < 4.78 is 6.42. The number of aromatic carboxylic acids is 1. The van der Waals surface area contributed by atoms with Crippen molar-refractivity contribution in [2.45, 2.75) is 26.4 Å². The van der Waals surface area contributed by atoms with Crippen LogP contribution in [0.3, 0.4) is 0 Å². The maximum atomic E-state index is 12.1. The Balaban J connectivity index is 2.61. The fraction of sp³-hybridized carbons (Fsp3) is 0.286. The Morgan fingerprint density at radius 2 is 1.95 bits per heavy atom. The zero-order chi connectivity index (χ0) is 15.1. The van der Waals surface area contributed by atoms with E-state index in [9.17, 15) is 14.7 Å². The van der Waals surface area contributed by atoms with Gasteiger partial charge in [0.05, 0.1) is 11.1 Å². The fourth-order valence-corrected chi connectivity index (χ4v) is 2.00. The molecule has 0 aliphatic heterocycles. The number of hydrogen-bond donors (Lipinski definition) is 1. The molecule has 0 unspecified atom stereocenters. The van der Waals surface area contributed by atoms with E-state index in [2.05, 4.69) is 0 Å². The summed E-state index contributed by atoms with van der Waals surface area (Å²) in [6, 6.07) is 4.69. The van der Waals surface area contributed by atoms with Crippen LogP contribution in [0.25, 0.3) is 10.9 Å². The molecule has 0 saturated carbocycles. The molecule has 1 aromatic heterocycles. The van der Waals surface area contributed by atoms with Crippen molar-refractivity contribution in [3.05, 3.63) is 35.0 Å². The van der Waals surface area contributed by atoms with Crippen LogP contribution in [-0.4, -0.2) is 27.3 Å². The summed E-state index contributed by atoms with van der Waals surface area (Å²) in [7, 11) is 0. The molecule has 5 nitrogen and oxygen atoms in total. The number of halogens is 1. The Kier molecular flexibility index (Phi) is 3.48. The monoisotopic (exact) mass is 295 g/mol. The predicted molar refractivity (Wildman–Crippen MR) is 75.5 cm³/mol. The minimum atomic E-state index is -1.11. The number of hydrogen-bond acceptors (Lipinski definition) is 3. The highest BCUT2D eigenvalue weighted by Gasteiger charge is 2.22. The third-order valence-corrected chi connectivity index (χ3v) is 2.82. The minimum Gasteiger partial charge on any atom is -0.478 e. The summed E-state index contributed by atoms with van der Waals surface area (Å²) in [5.74, 6) is -1.11. The largest absolute Gasteiger partial charge is 0.478 e. The summed E-state index contributed by atoms with van der Waals surface area (Å²) in [6.45, 7) is 5.21. The Hall–Kier alpha value is -2.01. The maximum Gasteiger partial charge on any atom is 0.419 e. The highest BCUT2D eigenvalue weighted by Crippen LogP contribution is 2.26. The smallest absolute Gasteiger partial charge is 0.419 e. The molecule has 0 aliphatic carbocycles. The van der Waals surface area contributed by atoms with E-state index >= 15 is 0 Å². The molecule has 1 heterocycles. The highest BCUT2D eigenvalue weighted by atomic mass is 35.5. The van der Waals surface area contributed by atoms with Crippen LogP contribution in [0.4, 0.5) is 4.79 Å². The van der Waals surface area contributed by atoms with Crippen LogP contribution in [-0.2, 0) is 4.74 Å². The Morgan fingerprint density at radius 1 is 1.30 bits per heavy atom. The standard InChI is InChI=1S/C14H14ClNO4/c1-14(2,3)20-13(19)16-7-10(12(17)18)9-5-4-8(15)6-11(9)16/h4-7H,1-3H3,(H,17,18). The van der Waals surface area contributed by atoms with Gasteiger partial charge in [0.2, 0.25) is 0 Å². The van der Waals surface area contributed by atoms with Crippen LogP contribution < -0.4 is 0 Å². The van der Waals surface area contributed by atoms with Gasteiger partial charge in [-0.2, -0.15) is 0 Å².